The molecule has 148 valence electrons. The van der Waals surface area contributed by atoms with Gasteiger partial charge in [-0.3, -0.25) is 14.9 Å². The molecule has 2 aromatic rings. The van der Waals surface area contributed by atoms with Gasteiger partial charge in [-0.05, 0) is 23.8 Å². The Morgan fingerprint density at radius 2 is 2.14 bits per heavy atom. The molecule has 10 nitrogen and oxygen atoms in total. The predicted molar refractivity (Wildman–Crippen MR) is 107 cm³/mol. The molecule has 0 spiro atoms. The van der Waals surface area contributed by atoms with Gasteiger partial charge in [-0.1, -0.05) is 23.9 Å². The third-order valence-electron chi connectivity index (χ3n) is 3.61. The predicted octanol–water partition coefficient (Wildman–Crippen LogP) is 2.73. The molecule has 0 bridgehead atoms. The maximum atomic E-state index is 12.0. The molecule has 1 fully saturated rings. The second-order valence-corrected chi connectivity index (χ2v) is 6.55. The van der Waals surface area contributed by atoms with Gasteiger partial charge < -0.3 is 14.8 Å². The summed E-state index contributed by atoms with van der Waals surface area (Å²) in [6.07, 6.45) is 1.47. The zero-order valence-electron chi connectivity index (χ0n) is 15.0. The van der Waals surface area contributed by atoms with Crippen LogP contribution in [0.4, 0.5) is 5.69 Å². The van der Waals surface area contributed by atoms with Crippen LogP contribution in [0.15, 0.2) is 52.7 Å². The first-order valence-corrected chi connectivity index (χ1v) is 9.13. The van der Waals surface area contributed by atoms with Gasteiger partial charge in [-0.15, -0.1) is 5.10 Å². The Balaban J connectivity index is 1.80. The van der Waals surface area contributed by atoms with Crippen LogP contribution < -0.4 is 10.1 Å². The number of non-ortho nitro benzene ring substituents is 1. The van der Waals surface area contributed by atoms with E-state index in [9.17, 15) is 19.7 Å². The van der Waals surface area contributed by atoms with E-state index in [2.05, 4.69) is 20.3 Å². The van der Waals surface area contributed by atoms with Crippen LogP contribution >= 0.6 is 11.8 Å². The second-order valence-electron chi connectivity index (χ2n) is 5.59. The van der Waals surface area contributed by atoms with E-state index < -0.39 is 10.9 Å². The minimum atomic E-state index is -0.756. The number of hydrogen-bond donors (Lipinski definition) is 1. The van der Waals surface area contributed by atoms with Crippen molar-refractivity contribution in [3.8, 4) is 11.5 Å². The SMILES string of the molecule is COC(=O)c1cc([N+](=O)[O-])ccc1Oc1cccc(C=NN=C2NC(=O)CS2)c1. The van der Waals surface area contributed by atoms with Crippen molar-refractivity contribution in [2.45, 2.75) is 0 Å². The average molecular weight is 414 g/mol. The van der Waals surface area contributed by atoms with E-state index in [0.29, 0.717) is 22.2 Å². The van der Waals surface area contributed by atoms with Crippen molar-refractivity contribution >= 4 is 40.7 Å². The van der Waals surface area contributed by atoms with E-state index in [0.717, 1.165) is 6.07 Å². The topological polar surface area (TPSA) is 132 Å². The lowest BCUT2D eigenvalue weighted by molar-refractivity contribution is -0.384. The number of benzene rings is 2. The normalized spacial score (nSPS) is 14.8. The molecule has 1 saturated heterocycles. The molecule has 0 aliphatic carbocycles. The van der Waals surface area contributed by atoms with E-state index in [-0.39, 0.29) is 22.9 Å². The minimum absolute atomic E-state index is 0.0684. The molecule has 0 aromatic heterocycles. The standard InChI is InChI=1S/C18H14N4O6S/c1-27-17(24)14-8-12(22(25)26)5-6-15(14)28-13-4-2-3-11(7-13)9-19-21-18-20-16(23)10-29-18/h2-9H,10H2,1H3,(H,20,21,23). The molecule has 3 rings (SSSR count). The van der Waals surface area contributed by atoms with E-state index in [1.165, 1.54) is 37.2 Å². The van der Waals surface area contributed by atoms with Gasteiger partial charge in [0.25, 0.3) is 5.69 Å². The first-order valence-electron chi connectivity index (χ1n) is 8.14. The van der Waals surface area contributed by atoms with Gasteiger partial charge in [0.2, 0.25) is 5.91 Å². The Bertz CT molecular complexity index is 1040. The Morgan fingerprint density at radius 1 is 1.31 bits per heavy atom. The van der Waals surface area contributed by atoms with Crippen molar-refractivity contribution < 1.29 is 24.0 Å². The number of carbonyl (C=O) groups is 2. The fourth-order valence-corrected chi connectivity index (χ4v) is 2.93. The molecule has 1 amide bonds. The molecule has 2 aromatic carbocycles. The maximum absolute atomic E-state index is 12.0. The zero-order chi connectivity index (χ0) is 20.8. The van der Waals surface area contributed by atoms with Crippen LogP contribution in [0.5, 0.6) is 11.5 Å². The first-order chi connectivity index (χ1) is 14.0. The molecule has 11 heteroatoms. The molecule has 0 saturated carbocycles. The number of amides is 1. The molecule has 1 heterocycles. The summed E-state index contributed by atoms with van der Waals surface area (Å²) in [5, 5.41) is 21.8. The number of amidine groups is 1. The lowest BCUT2D eigenvalue weighted by Crippen LogP contribution is -2.19. The highest BCUT2D eigenvalue weighted by Gasteiger charge is 2.19. The van der Waals surface area contributed by atoms with Crippen LogP contribution in [0.25, 0.3) is 0 Å². The number of hydrogen-bond acceptors (Lipinski definition) is 9. The lowest BCUT2D eigenvalue weighted by atomic mass is 10.1. The number of carbonyl (C=O) groups excluding carboxylic acids is 2. The molecule has 29 heavy (non-hydrogen) atoms. The van der Waals surface area contributed by atoms with Crippen molar-refractivity contribution in [1.82, 2.24) is 5.32 Å². The van der Waals surface area contributed by atoms with Crippen molar-refractivity contribution in [3.05, 3.63) is 63.7 Å². The summed E-state index contributed by atoms with van der Waals surface area (Å²) in [7, 11) is 1.18. The summed E-state index contributed by atoms with van der Waals surface area (Å²) in [5.41, 5.74) is 0.332. The number of esters is 1. The highest BCUT2D eigenvalue weighted by atomic mass is 32.2. The number of methoxy groups -OCH3 is 1. The van der Waals surface area contributed by atoms with Gasteiger partial charge in [0, 0.05) is 12.1 Å². The van der Waals surface area contributed by atoms with Crippen LogP contribution in [0.1, 0.15) is 15.9 Å². The van der Waals surface area contributed by atoms with Gasteiger partial charge in [-0.25, -0.2) is 4.79 Å². The number of nitro groups is 1. The Hall–Kier alpha value is -3.73. The fourth-order valence-electron chi connectivity index (χ4n) is 2.30. The molecular weight excluding hydrogens is 400 g/mol. The highest BCUT2D eigenvalue weighted by molar-refractivity contribution is 8.15. The van der Waals surface area contributed by atoms with E-state index >= 15 is 0 Å². The summed E-state index contributed by atoms with van der Waals surface area (Å²) >= 11 is 1.26. The third-order valence-corrected chi connectivity index (χ3v) is 4.47. The molecule has 0 radical (unpaired) electrons. The largest absolute Gasteiger partial charge is 0.465 e. The van der Waals surface area contributed by atoms with Gasteiger partial charge >= 0.3 is 5.97 Å². The van der Waals surface area contributed by atoms with E-state index in [4.69, 9.17) is 4.74 Å². The van der Waals surface area contributed by atoms with Gasteiger partial charge in [-0.2, -0.15) is 5.10 Å². The van der Waals surface area contributed by atoms with Crippen molar-refractivity contribution in [2.24, 2.45) is 10.2 Å². The van der Waals surface area contributed by atoms with Gasteiger partial charge in [0.05, 0.1) is 24.0 Å². The average Bonchev–Trinajstić information content (AvgIpc) is 3.13. The van der Waals surface area contributed by atoms with Crippen LogP contribution in [0, 0.1) is 10.1 Å². The Morgan fingerprint density at radius 3 is 2.83 bits per heavy atom. The number of rotatable bonds is 6. The van der Waals surface area contributed by atoms with Crippen molar-refractivity contribution in [1.29, 1.82) is 0 Å². The third kappa shape index (κ3) is 5.17. The zero-order valence-corrected chi connectivity index (χ0v) is 15.8. The summed E-state index contributed by atoms with van der Waals surface area (Å²) < 4.78 is 10.4. The molecule has 1 aliphatic heterocycles. The van der Waals surface area contributed by atoms with Crippen LogP contribution in [0.3, 0.4) is 0 Å². The number of nitro benzene ring substituents is 1. The molecule has 0 unspecified atom stereocenters. The lowest BCUT2D eigenvalue weighted by Gasteiger charge is -2.10. The summed E-state index contributed by atoms with van der Waals surface area (Å²) in [5.74, 6) is -0.0710. The van der Waals surface area contributed by atoms with Gasteiger partial charge in [0.15, 0.2) is 5.17 Å². The maximum Gasteiger partial charge on any atom is 0.341 e. The summed E-state index contributed by atoms with van der Waals surface area (Å²) in [6, 6.07) is 10.4. The first kappa shape index (κ1) is 20.0. The van der Waals surface area contributed by atoms with Crippen molar-refractivity contribution in [2.75, 3.05) is 12.9 Å². The molecular formula is C18H14N4O6S. The van der Waals surface area contributed by atoms with Crippen molar-refractivity contribution in [3.63, 3.8) is 0 Å². The number of thioether (sulfide) groups is 1. The smallest absolute Gasteiger partial charge is 0.341 e. The van der Waals surface area contributed by atoms with Gasteiger partial charge in [0.1, 0.15) is 17.1 Å². The monoisotopic (exact) mass is 414 g/mol. The number of ether oxygens (including phenoxy) is 2. The quantitative estimate of drug-likeness (QED) is 0.332. The second kappa shape index (κ2) is 8.97. The number of nitrogens with zero attached hydrogens (tertiary/aromatic N) is 3. The number of nitrogens with one attached hydrogen (secondary N) is 1. The van der Waals surface area contributed by atoms with Crippen LogP contribution in [-0.4, -0.2) is 41.0 Å². The molecule has 0 atom stereocenters. The molecule has 1 aliphatic rings. The summed E-state index contributed by atoms with van der Waals surface area (Å²) in [4.78, 5) is 33.4. The highest BCUT2D eigenvalue weighted by Crippen LogP contribution is 2.29. The fraction of sp³-hybridized carbons (Fsp3) is 0.111. The summed E-state index contributed by atoms with van der Waals surface area (Å²) in [6.45, 7) is 0. The minimum Gasteiger partial charge on any atom is -0.465 e. The van der Waals surface area contributed by atoms with E-state index in [1.807, 2.05) is 0 Å². The van der Waals surface area contributed by atoms with E-state index in [1.54, 1.807) is 24.3 Å². The van der Waals surface area contributed by atoms with Crippen LogP contribution in [0.2, 0.25) is 0 Å². The molecule has 1 N–H and O–H groups in total. The van der Waals surface area contributed by atoms with Crippen LogP contribution in [-0.2, 0) is 9.53 Å². The Kier molecular flexibility index (Phi) is 6.19. The Labute approximate surface area is 168 Å².